The van der Waals surface area contributed by atoms with E-state index < -0.39 is 0 Å². The number of nitrogens with zero attached hydrogens (tertiary/aromatic N) is 3. The number of benzene rings is 1. The molecule has 1 fully saturated rings. The predicted molar refractivity (Wildman–Crippen MR) is 110 cm³/mol. The van der Waals surface area contributed by atoms with Crippen LogP contribution in [-0.2, 0) is 20.0 Å². The van der Waals surface area contributed by atoms with Crippen LogP contribution >= 0.6 is 0 Å². The number of likely N-dealkylation sites (tertiary alicyclic amines) is 1. The lowest BCUT2D eigenvalue weighted by Gasteiger charge is -2.33. The Hall–Kier alpha value is -2.47. The van der Waals surface area contributed by atoms with Crippen LogP contribution in [0.15, 0.2) is 41.2 Å². The van der Waals surface area contributed by atoms with Crippen molar-refractivity contribution in [3.05, 3.63) is 63.6 Å². The van der Waals surface area contributed by atoms with Gasteiger partial charge in [-0.15, -0.1) is 0 Å². The molecule has 1 aromatic heterocycles. The van der Waals surface area contributed by atoms with Gasteiger partial charge in [-0.2, -0.15) is 5.10 Å². The van der Waals surface area contributed by atoms with E-state index in [1.165, 1.54) is 27.9 Å². The van der Waals surface area contributed by atoms with Gasteiger partial charge in [0.15, 0.2) is 0 Å². The van der Waals surface area contributed by atoms with Crippen LogP contribution < -0.4 is 10.9 Å². The third-order valence-electron chi connectivity index (χ3n) is 5.11. The number of hydrogen-bond donors (Lipinski definition) is 1. The van der Waals surface area contributed by atoms with Crippen molar-refractivity contribution in [3.63, 3.8) is 0 Å². The first-order valence-electron chi connectivity index (χ1n) is 10.1. The molecule has 1 N–H and O–H groups in total. The molecule has 0 spiro atoms. The lowest BCUT2D eigenvalue weighted by molar-refractivity contribution is 0.0893. The molecule has 1 aliphatic heterocycles. The molecule has 28 heavy (non-hydrogen) atoms. The summed E-state index contributed by atoms with van der Waals surface area (Å²) in [5, 5.41) is 7.10. The molecule has 1 amide bonds. The Labute approximate surface area is 166 Å². The first kappa shape index (κ1) is 20.3. The molecule has 6 heteroatoms. The summed E-state index contributed by atoms with van der Waals surface area (Å²) in [5.41, 5.74) is 2.74. The highest BCUT2D eigenvalue weighted by Gasteiger charge is 2.22. The van der Waals surface area contributed by atoms with Crippen molar-refractivity contribution in [1.82, 2.24) is 20.0 Å². The first-order valence-corrected chi connectivity index (χ1v) is 10.1. The molecular weight excluding hydrogens is 352 g/mol. The highest BCUT2D eigenvalue weighted by atomic mass is 16.2. The minimum Gasteiger partial charge on any atom is -0.347 e. The fourth-order valence-electron chi connectivity index (χ4n) is 3.71. The van der Waals surface area contributed by atoms with Crippen LogP contribution in [0.25, 0.3) is 0 Å². The molecule has 0 bridgehead atoms. The number of aromatic nitrogens is 2. The van der Waals surface area contributed by atoms with Crippen molar-refractivity contribution in [2.45, 2.75) is 45.7 Å². The zero-order valence-corrected chi connectivity index (χ0v) is 17.0. The molecule has 1 saturated heterocycles. The normalized spacial score (nSPS) is 17.6. The van der Waals surface area contributed by atoms with Gasteiger partial charge in [-0.1, -0.05) is 38.1 Å². The average molecular weight is 383 g/mol. The molecule has 0 radical (unpaired) electrons. The van der Waals surface area contributed by atoms with E-state index in [-0.39, 0.29) is 23.2 Å². The second-order valence-corrected chi connectivity index (χ2v) is 8.14. The van der Waals surface area contributed by atoms with E-state index in [1.54, 1.807) is 7.05 Å². The zero-order valence-electron chi connectivity index (χ0n) is 17.0. The average Bonchev–Trinajstić information content (AvgIpc) is 2.65. The maximum Gasteiger partial charge on any atom is 0.271 e. The summed E-state index contributed by atoms with van der Waals surface area (Å²) < 4.78 is 1.19. The molecule has 3 rings (SSSR count). The van der Waals surface area contributed by atoms with E-state index in [2.05, 4.69) is 53.4 Å². The van der Waals surface area contributed by atoms with E-state index >= 15 is 0 Å². The zero-order chi connectivity index (χ0) is 20.1. The van der Waals surface area contributed by atoms with Crippen molar-refractivity contribution >= 4 is 5.91 Å². The molecular formula is C22H30N4O2. The monoisotopic (exact) mass is 382 g/mol. The fraction of sp³-hybridized carbons (Fsp3) is 0.500. The van der Waals surface area contributed by atoms with Crippen LogP contribution in [0.1, 0.15) is 48.3 Å². The molecule has 0 saturated carbocycles. The van der Waals surface area contributed by atoms with Crippen molar-refractivity contribution in [2.24, 2.45) is 13.0 Å². The number of carbonyl (C=O) groups excluding carboxylic acids is 1. The van der Waals surface area contributed by atoms with Crippen molar-refractivity contribution in [2.75, 3.05) is 13.1 Å². The Kier molecular flexibility index (Phi) is 6.62. The molecule has 1 aromatic carbocycles. The number of rotatable bonds is 6. The van der Waals surface area contributed by atoms with Crippen LogP contribution in [0, 0.1) is 5.92 Å². The molecule has 0 aliphatic carbocycles. The molecule has 6 nitrogen and oxygen atoms in total. The Bertz CT molecular complexity index is 858. The van der Waals surface area contributed by atoms with Crippen molar-refractivity contribution in [3.8, 4) is 0 Å². The Morgan fingerprint density at radius 2 is 1.89 bits per heavy atom. The molecule has 1 atom stereocenters. The van der Waals surface area contributed by atoms with Gasteiger partial charge in [0.1, 0.15) is 5.69 Å². The molecule has 2 heterocycles. The standard InChI is InChI=1S/C22H30N4O2/c1-16(2)13-17-6-8-18(9-7-17)14-26-12-4-5-19(15-26)23-22(28)20-10-11-21(27)25(3)24-20/h6-11,16,19H,4-5,12-15H2,1-3H3,(H,23,28). The third-order valence-corrected chi connectivity index (χ3v) is 5.11. The van der Waals surface area contributed by atoms with Gasteiger partial charge in [0, 0.05) is 32.2 Å². The van der Waals surface area contributed by atoms with Crippen molar-refractivity contribution in [1.29, 1.82) is 0 Å². The smallest absolute Gasteiger partial charge is 0.271 e. The van der Waals surface area contributed by atoms with E-state index in [0.29, 0.717) is 5.92 Å². The van der Waals surface area contributed by atoms with Crippen LogP contribution in [0.3, 0.4) is 0 Å². The fourth-order valence-corrected chi connectivity index (χ4v) is 3.71. The summed E-state index contributed by atoms with van der Waals surface area (Å²) in [6.07, 6.45) is 3.12. The van der Waals surface area contributed by atoms with Crippen LogP contribution in [0.5, 0.6) is 0 Å². The number of hydrogen-bond acceptors (Lipinski definition) is 4. The highest BCUT2D eigenvalue weighted by molar-refractivity contribution is 5.92. The maximum absolute atomic E-state index is 12.5. The molecule has 1 aliphatic rings. The molecule has 150 valence electrons. The Morgan fingerprint density at radius 1 is 1.18 bits per heavy atom. The largest absolute Gasteiger partial charge is 0.347 e. The minimum absolute atomic E-state index is 0.0977. The van der Waals surface area contributed by atoms with Crippen LogP contribution in [0.2, 0.25) is 0 Å². The second kappa shape index (κ2) is 9.15. The van der Waals surface area contributed by atoms with Gasteiger partial charge in [0.2, 0.25) is 0 Å². The van der Waals surface area contributed by atoms with Gasteiger partial charge in [-0.3, -0.25) is 14.5 Å². The Morgan fingerprint density at radius 3 is 2.57 bits per heavy atom. The second-order valence-electron chi connectivity index (χ2n) is 8.14. The van der Waals surface area contributed by atoms with Gasteiger partial charge in [-0.05, 0) is 48.9 Å². The summed E-state index contributed by atoms with van der Waals surface area (Å²) >= 11 is 0. The van der Waals surface area contributed by atoms with E-state index in [1.807, 2.05) is 0 Å². The van der Waals surface area contributed by atoms with Gasteiger partial charge < -0.3 is 5.32 Å². The third kappa shape index (κ3) is 5.52. The number of piperidine rings is 1. The van der Waals surface area contributed by atoms with Gasteiger partial charge in [0.05, 0.1) is 0 Å². The first-order chi connectivity index (χ1) is 13.4. The molecule has 2 aromatic rings. The maximum atomic E-state index is 12.5. The summed E-state index contributed by atoms with van der Waals surface area (Å²) in [6.45, 7) is 7.23. The van der Waals surface area contributed by atoms with Gasteiger partial charge in [0.25, 0.3) is 11.5 Å². The quantitative estimate of drug-likeness (QED) is 0.833. The topological polar surface area (TPSA) is 67.2 Å². The van der Waals surface area contributed by atoms with Gasteiger partial charge in [-0.25, -0.2) is 4.68 Å². The highest BCUT2D eigenvalue weighted by Crippen LogP contribution is 2.16. The Balaban J connectivity index is 1.55. The van der Waals surface area contributed by atoms with E-state index in [4.69, 9.17) is 0 Å². The molecule has 1 unspecified atom stereocenters. The van der Waals surface area contributed by atoms with Crippen LogP contribution in [0.4, 0.5) is 0 Å². The SMILES string of the molecule is CC(C)Cc1ccc(CN2CCCC(NC(=O)c3ccc(=O)n(C)n3)C2)cc1. The van der Waals surface area contributed by atoms with Crippen LogP contribution in [-0.4, -0.2) is 39.7 Å². The van der Waals surface area contributed by atoms with Crippen molar-refractivity contribution < 1.29 is 4.79 Å². The number of aryl methyl sites for hydroxylation is 1. The number of amides is 1. The number of nitrogens with one attached hydrogen (secondary N) is 1. The summed E-state index contributed by atoms with van der Waals surface area (Å²) in [7, 11) is 1.55. The number of carbonyl (C=O) groups is 1. The summed E-state index contributed by atoms with van der Waals surface area (Å²) in [6, 6.07) is 11.8. The minimum atomic E-state index is -0.222. The lowest BCUT2D eigenvalue weighted by atomic mass is 10.0. The summed E-state index contributed by atoms with van der Waals surface area (Å²) in [4.78, 5) is 26.3. The lowest BCUT2D eigenvalue weighted by Crippen LogP contribution is -2.47. The van der Waals surface area contributed by atoms with E-state index in [9.17, 15) is 9.59 Å². The predicted octanol–water partition coefficient (Wildman–Crippen LogP) is 2.37. The summed E-state index contributed by atoms with van der Waals surface area (Å²) in [5.74, 6) is 0.444. The van der Waals surface area contributed by atoms with E-state index in [0.717, 1.165) is 38.9 Å². The van der Waals surface area contributed by atoms with Gasteiger partial charge >= 0.3 is 0 Å².